The molecule has 0 fully saturated rings. The molecule has 180 valence electrons. The Morgan fingerprint density at radius 1 is 0.771 bits per heavy atom. The quantitative estimate of drug-likeness (QED) is 0.431. The summed E-state index contributed by atoms with van der Waals surface area (Å²) in [5.41, 5.74) is 4.23. The van der Waals surface area contributed by atoms with Crippen LogP contribution < -0.4 is 9.80 Å². The van der Waals surface area contributed by atoms with E-state index in [2.05, 4.69) is 4.90 Å². The van der Waals surface area contributed by atoms with E-state index in [1.165, 1.54) is 0 Å². The number of carbonyl (C=O) groups is 2. The predicted molar refractivity (Wildman–Crippen MR) is 137 cm³/mol. The lowest BCUT2D eigenvalue weighted by molar-refractivity contribution is -0.142. The first-order chi connectivity index (χ1) is 17.0. The number of esters is 2. The number of hydrogen-bond donors (Lipinski definition) is 0. The van der Waals surface area contributed by atoms with E-state index in [4.69, 9.17) is 9.47 Å². The summed E-state index contributed by atoms with van der Waals surface area (Å²) in [7, 11) is 0. The molecule has 0 saturated carbocycles. The van der Waals surface area contributed by atoms with Gasteiger partial charge in [0.05, 0.1) is 25.3 Å². The monoisotopic (exact) mass is 470 g/mol. The van der Waals surface area contributed by atoms with Crippen molar-refractivity contribution in [2.24, 2.45) is 0 Å². The van der Waals surface area contributed by atoms with Gasteiger partial charge in [-0.15, -0.1) is 0 Å². The summed E-state index contributed by atoms with van der Waals surface area (Å²) in [6, 6.07) is 27.7. The summed E-state index contributed by atoms with van der Waals surface area (Å²) in [5.74, 6) is -1.08. The number of hydrogen-bond acceptors (Lipinski definition) is 6. The topological polar surface area (TPSA) is 59.1 Å². The molecular formula is C29H30N2O4. The number of aryl methyl sites for hydroxylation is 1. The van der Waals surface area contributed by atoms with Crippen LogP contribution in [0.5, 0.6) is 0 Å². The smallest absolute Gasteiger partial charge is 0.355 e. The second kappa shape index (κ2) is 10.9. The maximum absolute atomic E-state index is 13.4. The van der Waals surface area contributed by atoms with Gasteiger partial charge in [-0.2, -0.15) is 0 Å². The van der Waals surface area contributed by atoms with Crippen LogP contribution in [0.15, 0.2) is 96.2 Å². The van der Waals surface area contributed by atoms with Crippen molar-refractivity contribution in [3.63, 3.8) is 0 Å². The summed E-state index contributed by atoms with van der Waals surface area (Å²) in [5, 5.41) is 0. The normalized spacial score (nSPS) is 15.7. The first-order valence-corrected chi connectivity index (χ1v) is 11.8. The fourth-order valence-electron chi connectivity index (χ4n) is 4.32. The Kier molecular flexibility index (Phi) is 7.51. The second-order valence-corrected chi connectivity index (χ2v) is 8.22. The Morgan fingerprint density at radius 3 is 1.94 bits per heavy atom. The van der Waals surface area contributed by atoms with E-state index in [9.17, 15) is 9.59 Å². The molecule has 0 bridgehead atoms. The van der Waals surface area contributed by atoms with Gasteiger partial charge >= 0.3 is 11.9 Å². The van der Waals surface area contributed by atoms with Crippen molar-refractivity contribution in [3.8, 4) is 0 Å². The van der Waals surface area contributed by atoms with Crippen LogP contribution in [0.1, 0.15) is 31.1 Å². The lowest BCUT2D eigenvalue weighted by Gasteiger charge is -2.47. The Hall–Kier alpha value is -4.06. The van der Waals surface area contributed by atoms with Crippen molar-refractivity contribution in [3.05, 3.63) is 107 Å². The van der Waals surface area contributed by atoms with Crippen LogP contribution in [0.2, 0.25) is 0 Å². The number of nitrogens with zero attached hydrogens (tertiary/aromatic N) is 2. The van der Waals surface area contributed by atoms with Gasteiger partial charge in [0.1, 0.15) is 11.9 Å². The Balaban J connectivity index is 2.02. The average molecular weight is 471 g/mol. The molecule has 35 heavy (non-hydrogen) atoms. The van der Waals surface area contributed by atoms with Crippen LogP contribution in [0.4, 0.5) is 11.4 Å². The minimum atomic E-state index is -0.551. The van der Waals surface area contributed by atoms with Gasteiger partial charge < -0.3 is 19.3 Å². The van der Waals surface area contributed by atoms with Gasteiger partial charge in [-0.05, 0) is 50.6 Å². The zero-order valence-electron chi connectivity index (χ0n) is 20.3. The third-order valence-electron chi connectivity index (χ3n) is 5.88. The zero-order chi connectivity index (χ0) is 24.8. The molecule has 0 saturated heterocycles. The van der Waals surface area contributed by atoms with Gasteiger partial charge in [0, 0.05) is 11.4 Å². The molecule has 0 N–H and O–H groups in total. The number of rotatable bonds is 7. The number of benzene rings is 3. The molecule has 0 spiro atoms. The van der Waals surface area contributed by atoms with Crippen LogP contribution in [0.25, 0.3) is 0 Å². The van der Waals surface area contributed by atoms with E-state index >= 15 is 0 Å². The van der Waals surface area contributed by atoms with Gasteiger partial charge in [0.2, 0.25) is 0 Å². The Bertz CT molecular complexity index is 1190. The molecule has 1 aliphatic rings. The van der Waals surface area contributed by atoms with Crippen LogP contribution >= 0.6 is 0 Å². The fourth-order valence-corrected chi connectivity index (χ4v) is 4.32. The third kappa shape index (κ3) is 5.06. The molecule has 1 unspecified atom stereocenters. The van der Waals surface area contributed by atoms with E-state index in [-0.39, 0.29) is 31.0 Å². The van der Waals surface area contributed by atoms with E-state index < -0.39 is 18.1 Å². The number of anilines is 2. The molecule has 0 aliphatic carbocycles. The van der Waals surface area contributed by atoms with E-state index in [1.54, 1.807) is 13.8 Å². The summed E-state index contributed by atoms with van der Waals surface area (Å²) in [4.78, 5) is 30.7. The van der Waals surface area contributed by atoms with Crippen LogP contribution in [0.3, 0.4) is 0 Å². The minimum absolute atomic E-state index is 0.193. The van der Waals surface area contributed by atoms with Crippen molar-refractivity contribution in [2.75, 3.05) is 29.6 Å². The highest BCUT2D eigenvalue weighted by molar-refractivity contribution is 6.04. The average Bonchev–Trinajstić information content (AvgIpc) is 2.89. The highest BCUT2D eigenvalue weighted by Gasteiger charge is 2.42. The van der Waals surface area contributed by atoms with E-state index in [0.29, 0.717) is 0 Å². The molecule has 4 rings (SSSR count). The molecule has 0 aromatic heterocycles. The van der Waals surface area contributed by atoms with E-state index in [1.807, 2.05) is 96.8 Å². The summed E-state index contributed by atoms with van der Waals surface area (Å²) >= 11 is 0. The summed E-state index contributed by atoms with van der Waals surface area (Å²) in [6.07, 6.45) is -0.404. The summed E-state index contributed by atoms with van der Waals surface area (Å²) in [6.45, 7) is 6.11. The number of carbonyl (C=O) groups excluding carboxylic acids is 2. The molecule has 0 amide bonds. The van der Waals surface area contributed by atoms with Crippen molar-refractivity contribution < 1.29 is 19.1 Å². The van der Waals surface area contributed by atoms with Crippen LogP contribution in [-0.2, 0) is 19.1 Å². The molecule has 3 aromatic rings. The first kappa shape index (κ1) is 24.1. The molecular weight excluding hydrogens is 440 g/mol. The zero-order valence-corrected chi connectivity index (χ0v) is 20.3. The van der Waals surface area contributed by atoms with Crippen molar-refractivity contribution in [2.45, 2.75) is 26.9 Å². The van der Waals surface area contributed by atoms with E-state index in [0.717, 1.165) is 22.5 Å². The molecule has 6 heteroatoms. The van der Waals surface area contributed by atoms with Crippen LogP contribution in [0, 0.1) is 6.92 Å². The minimum Gasteiger partial charge on any atom is -0.463 e. The first-order valence-electron chi connectivity index (χ1n) is 11.8. The van der Waals surface area contributed by atoms with Gasteiger partial charge in [-0.3, -0.25) is 0 Å². The number of ether oxygens (including phenoxy) is 2. The molecule has 0 radical (unpaired) electrons. The summed E-state index contributed by atoms with van der Waals surface area (Å²) < 4.78 is 10.9. The number of para-hydroxylation sites is 1. The lowest BCUT2D eigenvalue weighted by atomic mass is 9.99. The van der Waals surface area contributed by atoms with Crippen molar-refractivity contribution in [1.29, 1.82) is 0 Å². The third-order valence-corrected chi connectivity index (χ3v) is 5.88. The van der Waals surface area contributed by atoms with Gasteiger partial charge in [0.25, 0.3) is 0 Å². The predicted octanol–water partition coefficient (Wildman–Crippen LogP) is 5.40. The second-order valence-electron chi connectivity index (χ2n) is 8.22. The van der Waals surface area contributed by atoms with Gasteiger partial charge in [-0.1, -0.05) is 66.2 Å². The van der Waals surface area contributed by atoms with Gasteiger partial charge in [-0.25, -0.2) is 9.59 Å². The molecule has 1 atom stereocenters. The highest BCUT2D eigenvalue weighted by atomic mass is 16.5. The molecule has 6 nitrogen and oxygen atoms in total. The molecule has 1 heterocycles. The Morgan fingerprint density at radius 2 is 1.34 bits per heavy atom. The van der Waals surface area contributed by atoms with Crippen molar-refractivity contribution >= 4 is 23.3 Å². The molecule has 3 aromatic carbocycles. The SMILES string of the molecule is CCOC(=O)C1=C(C(=O)OCC)N(c2ccc(C)cc2)C(c2ccccc2)N(c2ccccc2)C1. The van der Waals surface area contributed by atoms with Crippen LogP contribution in [-0.4, -0.2) is 31.7 Å². The standard InChI is InChI=1S/C29H30N2O4/c1-4-34-28(32)25-20-30(23-14-10-7-11-15-23)27(22-12-8-6-9-13-22)31(26(25)29(33)35-5-2)24-18-16-21(3)17-19-24/h6-19,27H,4-5,20H2,1-3H3. The largest absolute Gasteiger partial charge is 0.463 e. The van der Waals surface area contributed by atoms with Gasteiger partial charge in [0.15, 0.2) is 0 Å². The fraction of sp³-hybridized carbons (Fsp3) is 0.241. The Labute approximate surface area is 206 Å². The maximum atomic E-state index is 13.4. The lowest BCUT2D eigenvalue weighted by Crippen LogP contribution is -2.50. The molecule has 1 aliphatic heterocycles. The maximum Gasteiger partial charge on any atom is 0.355 e. The van der Waals surface area contributed by atoms with Crippen molar-refractivity contribution in [1.82, 2.24) is 0 Å². The highest BCUT2D eigenvalue weighted by Crippen LogP contribution is 2.42.